The van der Waals surface area contributed by atoms with Gasteiger partial charge in [0.2, 0.25) is 5.88 Å². The maximum atomic E-state index is 5.75. The molecule has 2 aromatic rings. The van der Waals surface area contributed by atoms with E-state index in [4.69, 9.17) is 10.5 Å². The van der Waals surface area contributed by atoms with Gasteiger partial charge in [-0.25, -0.2) is 4.98 Å². The predicted molar refractivity (Wildman–Crippen MR) is 74.6 cm³/mol. The molecule has 2 N–H and O–H groups in total. The summed E-state index contributed by atoms with van der Waals surface area (Å²) in [5, 5.41) is 2.13. The smallest absolute Gasteiger partial charge is 0.221 e. The number of nitrogens with zero attached hydrogens (tertiary/aromatic N) is 1. The molecule has 0 saturated heterocycles. The Kier molecular flexibility index (Phi) is 3.95. The fourth-order valence-corrected chi connectivity index (χ4v) is 1.76. The number of rotatable bonds is 5. The van der Waals surface area contributed by atoms with Crippen LogP contribution in [-0.4, -0.2) is 11.6 Å². The summed E-state index contributed by atoms with van der Waals surface area (Å²) in [5.41, 5.74) is 7.61. The molecule has 0 radical (unpaired) electrons. The molecule has 0 aliphatic carbocycles. The van der Waals surface area contributed by atoms with Crippen LogP contribution >= 0.6 is 0 Å². The van der Waals surface area contributed by atoms with Crippen LogP contribution < -0.4 is 10.5 Å². The molecule has 3 nitrogen and oxygen atoms in total. The van der Waals surface area contributed by atoms with Crippen LogP contribution in [0.15, 0.2) is 42.5 Å². The highest BCUT2D eigenvalue weighted by atomic mass is 16.5. The van der Waals surface area contributed by atoms with Crippen LogP contribution in [0, 0.1) is 0 Å². The third-order valence-corrected chi connectivity index (χ3v) is 2.74. The van der Waals surface area contributed by atoms with Gasteiger partial charge in [-0.2, -0.15) is 0 Å². The molecule has 0 fully saturated rings. The predicted octanol–water partition coefficient (Wildman–Crippen LogP) is 3.04. The number of hydrogen-bond donors (Lipinski definition) is 1. The minimum absolute atomic E-state index is 0.418. The quantitative estimate of drug-likeness (QED) is 0.820. The number of ether oxygens (including phenoxy) is 1. The minimum atomic E-state index is 0.418. The third-order valence-electron chi connectivity index (χ3n) is 2.74. The van der Waals surface area contributed by atoms with Crippen molar-refractivity contribution in [2.75, 3.05) is 6.61 Å². The largest absolute Gasteiger partial charge is 0.477 e. The molecule has 0 aliphatic rings. The topological polar surface area (TPSA) is 48.1 Å². The van der Waals surface area contributed by atoms with Gasteiger partial charge in [-0.05, 0) is 24.4 Å². The summed E-state index contributed by atoms with van der Waals surface area (Å²) in [4.78, 5) is 4.44. The number of hydrogen-bond acceptors (Lipinski definition) is 3. The van der Waals surface area contributed by atoms with Crippen molar-refractivity contribution in [1.82, 2.24) is 4.98 Å². The highest BCUT2D eigenvalue weighted by Crippen LogP contribution is 2.24. The Morgan fingerprint density at radius 1 is 1.39 bits per heavy atom. The maximum Gasteiger partial charge on any atom is 0.221 e. The van der Waals surface area contributed by atoms with Gasteiger partial charge in [0.25, 0.3) is 0 Å². The van der Waals surface area contributed by atoms with Crippen molar-refractivity contribution in [2.45, 2.75) is 19.9 Å². The van der Waals surface area contributed by atoms with Crippen molar-refractivity contribution in [1.29, 1.82) is 0 Å². The zero-order valence-electron chi connectivity index (χ0n) is 10.6. The Morgan fingerprint density at radius 3 is 2.89 bits per heavy atom. The molecule has 1 aromatic carbocycles. The number of pyridine rings is 1. The Bertz CT molecular complexity index is 563. The first-order valence-corrected chi connectivity index (χ1v) is 6.06. The number of nitrogens with two attached hydrogens (primary N) is 1. The van der Waals surface area contributed by atoms with Crippen LogP contribution in [0.3, 0.4) is 0 Å². The standard InChI is InChI=1S/C15H18N2O/c1-11(2)7-8-18-15-14-6-4-3-5-12(14)9-13(10-16)17-15/h3-6,9H,1,7-8,10,16H2,2H3. The van der Waals surface area contributed by atoms with Crippen molar-refractivity contribution in [3.05, 3.63) is 48.2 Å². The molecule has 0 amide bonds. The minimum Gasteiger partial charge on any atom is -0.477 e. The van der Waals surface area contributed by atoms with Gasteiger partial charge in [0, 0.05) is 18.4 Å². The fourth-order valence-electron chi connectivity index (χ4n) is 1.76. The van der Waals surface area contributed by atoms with Crippen molar-refractivity contribution in [2.24, 2.45) is 5.73 Å². The third kappa shape index (κ3) is 2.87. The van der Waals surface area contributed by atoms with Crippen LogP contribution in [-0.2, 0) is 6.54 Å². The Morgan fingerprint density at radius 2 is 2.17 bits per heavy atom. The molecule has 18 heavy (non-hydrogen) atoms. The van der Waals surface area contributed by atoms with E-state index in [1.165, 1.54) is 0 Å². The molecule has 1 aromatic heterocycles. The first kappa shape index (κ1) is 12.6. The fraction of sp³-hybridized carbons (Fsp3) is 0.267. The van der Waals surface area contributed by atoms with Crippen LogP contribution in [0.25, 0.3) is 10.8 Å². The highest BCUT2D eigenvalue weighted by molar-refractivity contribution is 5.87. The van der Waals surface area contributed by atoms with Gasteiger partial charge in [0.15, 0.2) is 0 Å². The van der Waals surface area contributed by atoms with Gasteiger partial charge in [0.05, 0.1) is 12.3 Å². The lowest BCUT2D eigenvalue weighted by Crippen LogP contribution is -2.04. The van der Waals surface area contributed by atoms with Crippen LogP contribution in [0.5, 0.6) is 5.88 Å². The highest BCUT2D eigenvalue weighted by Gasteiger charge is 2.06. The molecule has 1 heterocycles. The zero-order valence-corrected chi connectivity index (χ0v) is 10.6. The van der Waals surface area contributed by atoms with Crippen LogP contribution in [0.2, 0.25) is 0 Å². The van der Waals surface area contributed by atoms with Gasteiger partial charge >= 0.3 is 0 Å². The van der Waals surface area contributed by atoms with E-state index in [1.54, 1.807) is 0 Å². The Labute approximate surface area is 107 Å². The van der Waals surface area contributed by atoms with E-state index in [0.717, 1.165) is 28.5 Å². The molecule has 94 valence electrons. The normalized spacial score (nSPS) is 10.6. The molecular weight excluding hydrogens is 224 g/mol. The Hall–Kier alpha value is -1.87. The first-order chi connectivity index (χ1) is 8.70. The average molecular weight is 242 g/mol. The molecule has 0 unspecified atom stereocenters. The second kappa shape index (κ2) is 5.65. The summed E-state index contributed by atoms with van der Waals surface area (Å²) >= 11 is 0. The second-order valence-corrected chi connectivity index (χ2v) is 4.40. The van der Waals surface area contributed by atoms with Crippen LogP contribution in [0.1, 0.15) is 19.0 Å². The van der Waals surface area contributed by atoms with Crippen molar-refractivity contribution in [3.63, 3.8) is 0 Å². The molecule has 0 saturated carbocycles. The van der Waals surface area contributed by atoms with E-state index in [0.29, 0.717) is 19.0 Å². The van der Waals surface area contributed by atoms with Gasteiger partial charge in [-0.3, -0.25) is 0 Å². The van der Waals surface area contributed by atoms with Gasteiger partial charge < -0.3 is 10.5 Å². The van der Waals surface area contributed by atoms with E-state index in [1.807, 2.05) is 37.3 Å². The maximum absolute atomic E-state index is 5.75. The van der Waals surface area contributed by atoms with Crippen molar-refractivity contribution >= 4 is 10.8 Å². The second-order valence-electron chi connectivity index (χ2n) is 4.40. The summed E-state index contributed by atoms with van der Waals surface area (Å²) in [7, 11) is 0. The summed E-state index contributed by atoms with van der Waals surface area (Å²) in [5.74, 6) is 0.662. The van der Waals surface area contributed by atoms with E-state index in [2.05, 4.69) is 11.6 Å². The lowest BCUT2D eigenvalue weighted by Gasteiger charge is -2.10. The van der Waals surface area contributed by atoms with Crippen molar-refractivity contribution < 1.29 is 4.74 Å². The monoisotopic (exact) mass is 242 g/mol. The molecular formula is C15H18N2O. The molecule has 0 spiro atoms. The summed E-state index contributed by atoms with van der Waals surface area (Å²) in [6, 6.07) is 10.0. The zero-order chi connectivity index (χ0) is 13.0. The molecule has 0 aliphatic heterocycles. The van der Waals surface area contributed by atoms with Gasteiger partial charge in [-0.15, -0.1) is 6.58 Å². The Balaban J connectivity index is 2.31. The van der Waals surface area contributed by atoms with Gasteiger partial charge in [0.1, 0.15) is 0 Å². The van der Waals surface area contributed by atoms with E-state index in [-0.39, 0.29) is 0 Å². The number of aromatic nitrogens is 1. The summed E-state index contributed by atoms with van der Waals surface area (Å²) in [6.45, 7) is 6.87. The van der Waals surface area contributed by atoms with E-state index < -0.39 is 0 Å². The molecule has 0 bridgehead atoms. The average Bonchev–Trinajstić information content (AvgIpc) is 2.38. The first-order valence-electron chi connectivity index (χ1n) is 6.06. The number of fused-ring (bicyclic) bond motifs is 1. The molecule has 2 rings (SSSR count). The lowest BCUT2D eigenvalue weighted by atomic mass is 10.1. The molecule has 3 heteroatoms. The van der Waals surface area contributed by atoms with Crippen LogP contribution in [0.4, 0.5) is 0 Å². The summed E-state index contributed by atoms with van der Waals surface area (Å²) < 4.78 is 5.75. The van der Waals surface area contributed by atoms with E-state index in [9.17, 15) is 0 Å². The SMILES string of the molecule is C=C(C)CCOc1nc(CN)cc2ccccc12. The summed E-state index contributed by atoms with van der Waals surface area (Å²) in [6.07, 6.45) is 0.836. The van der Waals surface area contributed by atoms with Crippen molar-refractivity contribution in [3.8, 4) is 5.88 Å². The number of benzene rings is 1. The van der Waals surface area contributed by atoms with Gasteiger partial charge in [-0.1, -0.05) is 23.8 Å². The van der Waals surface area contributed by atoms with E-state index >= 15 is 0 Å². The molecule has 0 atom stereocenters. The lowest BCUT2D eigenvalue weighted by molar-refractivity contribution is 0.312.